The van der Waals surface area contributed by atoms with E-state index in [-0.39, 0.29) is 5.92 Å². The van der Waals surface area contributed by atoms with Crippen molar-refractivity contribution in [3.63, 3.8) is 0 Å². The number of nitrogens with zero attached hydrogens (tertiary/aromatic N) is 1. The van der Waals surface area contributed by atoms with E-state index in [1.54, 1.807) is 11.3 Å². The molecule has 1 aliphatic carbocycles. The van der Waals surface area contributed by atoms with Crippen molar-refractivity contribution in [1.29, 1.82) is 0 Å². The molecule has 1 aromatic rings. The molecular weight excluding hydrogens is 246 g/mol. The maximum atomic E-state index is 12.2. The summed E-state index contributed by atoms with van der Waals surface area (Å²) >= 11 is 1.78. The Morgan fingerprint density at radius 3 is 2.94 bits per heavy atom. The van der Waals surface area contributed by atoms with Crippen molar-refractivity contribution in [3.05, 3.63) is 22.4 Å². The zero-order chi connectivity index (χ0) is 12.4. The summed E-state index contributed by atoms with van der Waals surface area (Å²) in [7, 11) is 0. The average Bonchev–Trinajstić information content (AvgIpc) is 2.88. The Kier molecular flexibility index (Phi) is 3.77. The van der Waals surface area contributed by atoms with E-state index in [1.165, 1.54) is 17.7 Å². The third-order valence-electron chi connectivity index (χ3n) is 3.75. The van der Waals surface area contributed by atoms with Gasteiger partial charge in [-0.05, 0) is 30.7 Å². The Balaban J connectivity index is 1.58. The van der Waals surface area contributed by atoms with Crippen LogP contribution in [0.3, 0.4) is 0 Å². The molecule has 4 heteroatoms. The molecule has 0 radical (unpaired) electrons. The summed E-state index contributed by atoms with van der Waals surface area (Å²) in [5.74, 6) is 0.519. The van der Waals surface area contributed by atoms with Gasteiger partial charge in [0, 0.05) is 30.0 Å². The standard InChI is InChI=1S/C14H19NO2S/c16-14(11-5-6-17-10-11)9-15(12-3-4-12)8-13-2-1-7-18-13/h1-2,7,11-12H,3-6,8-10H2. The summed E-state index contributed by atoms with van der Waals surface area (Å²) in [6.45, 7) is 2.93. The number of ketones is 1. The molecule has 1 saturated heterocycles. The predicted octanol–water partition coefficient (Wildman–Crippen LogP) is 2.32. The number of ether oxygens (including phenoxy) is 1. The Hall–Kier alpha value is -0.710. The van der Waals surface area contributed by atoms with E-state index in [0.29, 0.717) is 25.0 Å². The van der Waals surface area contributed by atoms with Crippen LogP contribution in [-0.2, 0) is 16.1 Å². The van der Waals surface area contributed by atoms with Crippen molar-refractivity contribution in [2.45, 2.75) is 31.8 Å². The number of hydrogen-bond donors (Lipinski definition) is 0. The fraction of sp³-hybridized carbons (Fsp3) is 0.643. The minimum absolute atomic E-state index is 0.148. The molecule has 2 aliphatic rings. The van der Waals surface area contributed by atoms with Crippen LogP contribution in [0.2, 0.25) is 0 Å². The van der Waals surface area contributed by atoms with Gasteiger partial charge in [-0.2, -0.15) is 0 Å². The van der Waals surface area contributed by atoms with Crippen molar-refractivity contribution < 1.29 is 9.53 Å². The molecule has 2 fully saturated rings. The first kappa shape index (κ1) is 12.3. The molecule has 0 bridgehead atoms. The molecule has 1 unspecified atom stereocenters. The van der Waals surface area contributed by atoms with E-state index in [9.17, 15) is 4.79 Å². The fourth-order valence-electron chi connectivity index (χ4n) is 2.47. The van der Waals surface area contributed by atoms with Crippen molar-refractivity contribution >= 4 is 17.1 Å². The number of carbonyl (C=O) groups is 1. The van der Waals surface area contributed by atoms with Gasteiger partial charge in [-0.1, -0.05) is 6.07 Å². The minimum atomic E-state index is 0.148. The van der Waals surface area contributed by atoms with Crippen LogP contribution in [-0.4, -0.2) is 36.5 Å². The highest BCUT2D eigenvalue weighted by Crippen LogP contribution is 2.29. The molecule has 0 aromatic carbocycles. The van der Waals surface area contributed by atoms with Gasteiger partial charge >= 0.3 is 0 Å². The van der Waals surface area contributed by atoms with Crippen LogP contribution in [0, 0.1) is 5.92 Å². The Morgan fingerprint density at radius 2 is 2.33 bits per heavy atom. The summed E-state index contributed by atoms with van der Waals surface area (Å²) in [5, 5.41) is 2.10. The predicted molar refractivity (Wildman–Crippen MR) is 71.7 cm³/mol. The average molecular weight is 265 g/mol. The van der Waals surface area contributed by atoms with Crippen LogP contribution in [0.25, 0.3) is 0 Å². The monoisotopic (exact) mass is 265 g/mol. The highest BCUT2D eigenvalue weighted by molar-refractivity contribution is 7.09. The van der Waals surface area contributed by atoms with Gasteiger partial charge in [0.2, 0.25) is 0 Å². The maximum Gasteiger partial charge on any atom is 0.152 e. The van der Waals surface area contributed by atoms with Gasteiger partial charge in [-0.15, -0.1) is 11.3 Å². The third-order valence-corrected chi connectivity index (χ3v) is 4.61. The van der Waals surface area contributed by atoms with Crippen LogP contribution in [0.15, 0.2) is 17.5 Å². The summed E-state index contributed by atoms with van der Waals surface area (Å²) < 4.78 is 5.30. The second-order valence-corrected chi connectivity index (χ2v) is 6.27. The van der Waals surface area contributed by atoms with Crippen LogP contribution in [0.4, 0.5) is 0 Å². The first-order valence-corrected chi connectivity index (χ1v) is 7.58. The summed E-state index contributed by atoms with van der Waals surface area (Å²) in [4.78, 5) is 15.9. The Bertz CT molecular complexity index is 394. The van der Waals surface area contributed by atoms with Gasteiger partial charge in [0.1, 0.15) is 0 Å². The van der Waals surface area contributed by atoms with Gasteiger partial charge in [0.25, 0.3) is 0 Å². The molecule has 3 rings (SSSR count). The zero-order valence-electron chi connectivity index (χ0n) is 10.5. The molecule has 0 N–H and O–H groups in total. The van der Waals surface area contributed by atoms with E-state index < -0.39 is 0 Å². The van der Waals surface area contributed by atoms with Gasteiger partial charge in [-0.25, -0.2) is 0 Å². The Morgan fingerprint density at radius 1 is 1.44 bits per heavy atom. The fourth-order valence-corrected chi connectivity index (χ4v) is 3.20. The number of thiophene rings is 1. The van der Waals surface area contributed by atoms with Crippen LogP contribution >= 0.6 is 11.3 Å². The minimum Gasteiger partial charge on any atom is -0.381 e. The van der Waals surface area contributed by atoms with Crippen molar-refractivity contribution in [2.24, 2.45) is 5.92 Å². The molecule has 18 heavy (non-hydrogen) atoms. The first-order valence-electron chi connectivity index (χ1n) is 6.70. The molecule has 2 heterocycles. The smallest absolute Gasteiger partial charge is 0.152 e. The molecule has 1 saturated carbocycles. The lowest BCUT2D eigenvalue weighted by Gasteiger charge is -2.21. The lowest BCUT2D eigenvalue weighted by atomic mass is 10.0. The molecule has 1 aliphatic heterocycles. The van der Waals surface area contributed by atoms with Gasteiger partial charge in [0.05, 0.1) is 13.2 Å². The van der Waals surface area contributed by atoms with Crippen molar-refractivity contribution in [3.8, 4) is 0 Å². The van der Waals surface area contributed by atoms with Gasteiger partial charge < -0.3 is 4.74 Å². The number of rotatable bonds is 6. The van der Waals surface area contributed by atoms with E-state index in [0.717, 1.165) is 19.6 Å². The maximum absolute atomic E-state index is 12.2. The Labute approximate surface area is 112 Å². The highest BCUT2D eigenvalue weighted by atomic mass is 32.1. The van der Waals surface area contributed by atoms with E-state index >= 15 is 0 Å². The van der Waals surface area contributed by atoms with Gasteiger partial charge in [-0.3, -0.25) is 9.69 Å². The summed E-state index contributed by atoms with van der Waals surface area (Å²) in [6.07, 6.45) is 3.41. The van der Waals surface area contributed by atoms with E-state index in [2.05, 4.69) is 22.4 Å². The van der Waals surface area contributed by atoms with E-state index in [1.807, 2.05) is 0 Å². The number of carbonyl (C=O) groups excluding carboxylic acids is 1. The third kappa shape index (κ3) is 2.99. The van der Waals surface area contributed by atoms with Crippen LogP contribution < -0.4 is 0 Å². The topological polar surface area (TPSA) is 29.5 Å². The molecule has 3 nitrogen and oxygen atoms in total. The van der Waals surface area contributed by atoms with Crippen molar-refractivity contribution in [1.82, 2.24) is 4.90 Å². The van der Waals surface area contributed by atoms with Gasteiger partial charge in [0.15, 0.2) is 5.78 Å². The summed E-state index contributed by atoms with van der Waals surface area (Å²) in [5.41, 5.74) is 0. The second-order valence-electron chi connectivity index (χ2n) is 5.24. The zero-order valence-corrected chi connectivity index (χ0v) is 11.3. The lowest BCUT2D eigenvalue weighted by molar-refractivity contribution is -0.124. The van der Waals surface area contributed by atoms with Crippen LogP contribution in [0.1, 0.15) is 24.1 Å². The molecule has 0 spiro atoms. The number of hydrogen-bond acceptors (Lipinski definition) is 4. The summed E-state index contributed by atoms with van der Waals surface area (Å²) in [6, 6.07) is 4.87. The van der Waals surface area contributed by atoms with E-state index in [4.69, 9.17) is 4.74 Å². The first-order chi connectivity index (χ1) is 8.83. The molecular formula is C14H19NO2S. The SMILES string of the molecule is O=C(CN(Cc1cccs1)C1CC1)C1CCOC1. The molecule has 98 valence electrons. The quantitative estimate of drug-likeness (QED) is 0.790. The number of Topliss-reactive ketones (excluding diaryl/α,β-unsaturated/α-hetero) is 1. The largest absolute Gasteiger partial charge is 0.381 e. The second kappa shape index (κ2) is 5.51. The highest BCUT2D eigenvalue weighted by Gasteiger charge is 2.33. The normalized spacial score (nSPS) is 23.7. The lowest BCUT2D eigenvalue weighted by Crippen LogP contribution is -2.34. The molecule has 0 amide bonds. The van der Waals surface area contributed by atoms with Crippen molar-refractivity contribution in [2.75, 3.05) is 19.8 Å². The molecule has 1 aromatic heterocycles. The van der Waals surface area contributed by atoms with Crippen LogP contribution in [0.5, 0.6) is 0 Å². The molecule has 1 atom stereocenters.